The van der Waals surface area contributed by atoms with Crippen molar-refractivity contribution >= 4 is 0 Å². The van der Waals surface area contributed by atoms with Gasteiger partial charge in [-0.15, -0.1) is 13.2 Å². The molecule has 0 radical (unpaired) electrons. The molecule has 0 heterocycles. The average Bonchev–Trinajstić information content (AvgIpc) is 2.10. The first-order valence-corrected chi connectivity index (χ1v) is 3.49. The van der Waals surface area contributed by atoms with Gasteiger partial charge >= 0.3 is 0 Å². The molecule has 1 aliphatic rings. The van der Waals surface area contributed by atoms with Gasteiger partial charge in [-0.2, -0.15) is 0 Å². The first-order valence-electron chi connectivity index (χ1n) is 3.49. The molecule has 0 spiro atoms. The lowest BCUT2D eigenvalue weighted by molar-refractivity contribution is 0.995. The van der Waals surface area contributed by atoms with Crippen LogP contribution in [0, 0.1) is 0 Å². The molecule has 0 saturated carbocycles. The van der Waals surface area contributed by atoms with Gasteiger partial charge in [0, 0.05) is 6.54 Å². The van der Waals surface area contributed by atoms with Crippen molar-refractivity contribution in [3.63, 3.8) is 0 Å². The molecule has 0 aliphatic heterocycles. The van der Waals surface area contributed by atoms with Crippen molar-refractivity contribution in [2.75, 3.05) is 6.54 Å². The predicted molar refractivity (Wildman–Crippen MR) is 46.8 cm³/mol. The van der Waals surface area contributed by atoms with E-state index in [9.17, 15) is 0 Å². The van der Waals surface area contributed by atoms with E-state index in [4.69, 9.17) is 5.73 Å². The average molecular weight is 137 g/mol. The van der Waals surface area contributed by atoms with Gasteiger partial charge < -0.3 is 5.73 Å². The Hall–Kier alpha value is -0.820. The Morgan fingerprint density at radius 3 is 2.40 bits per heavy atom. The molecule has 0 aromatic carbocycles. The molecule has 0 amide bonds. The van der Waals surface area contributed by atoms with Crippen LogP contribution in [0.5, 0.6) is 0 Å². The van der Waals surface area contributed by atoms with Gasteiger partial charge in [0.05, 0.1) is 0 Å². The first-order chi connectivity index (χ1) is 4.93. The normalized spacial score (nSPS) is 15.1. The lowest BCUT2D eigenvalue weighted by atomic mass is 10.1. The van der Waals surface area contributed by atoms with Crippen LogP contribution in [0.4, 0.5) is 0 Å². The highest BCUT2D eigenvalue weighted by Gasteiger charge is 1.91. The predicted octanol–water partition coefficient (Wildman–Crippen LogP) is 2.02. The monoisotopic (exact) mass is 137 g/mol. The fraction of sp³-hybridized carbons (Fsp3) is 0.333. The van der Waals surface area contributed by atoms with Crippen molar-refractivity contribution in [2.24, 2.45) is 5.73 Å². The summed E-state index contributed by atoms with van der Waals surface area (Å²) >= 11 is 0. The smallest absolute Gasteiger partial charge is 0.0174 e. The maximum atomic E-state index is 5.38. The van der Waals surface area contributed by atoms with E-state index in [2.05, 4.69) is 31.4 Å². The van der Waals surface area contributed by atoms with E-state index in [1.807, 2.05) is 0 Å². The summed E-state index contributed by atoms with van der Waals surface area (Å²) in [5.41, 5.74) is 6.66. The Balaban J connectivity index is 0.000000371. The second kappa shape index (κ2) is 6.30. The topological polar surface area (TPSA) is 26.0 Å². The minimum Gasteiger partial charge on any atom is -0.327 e. The lowest BCUT2D eigenvalue weighted by Gasteiger charge is -2.01. The molecule has 1 rings (SSSR count). The van der Waals surface area contributed by atoms with Crippen molar-refractivity contribution in [1.29, 1.82) is 0 Å². The van der Waals surface area contributed by atoms with E-state index in [1.165, 1.54) is 18.4 Å². The van der Waals surface area contributed by atoms with Crippen LogP contribution in [-0.2, 0) is 0 Å². The molecule has 0 aromatic rings. The quantitative estimate of drug-likeness (QED) is 0.550. The Bertz CT molecular complexity index is 134. The summed E-state index contributed by atoms with van der Waals surface area (Å²) < 4.78 is 0. The second-order valence-corrected chi connectivity index (χ2v) is 1.96. The van der Waals surface area contributed by atoms with Gasteiger partial charge in [-0.25, -0.2) is 0 Å². The molecule has 1 aliphatic carbocycles. The Labute approximate surface area is 62.9 Å². The van der Waals surface area contributed by atoms with Gasteiger partial charge in [-0.1, -0.05) is 18.2 Å². The van der Waals surface area contributed by atoms with E-state index in [0.717, 1.165) is 0 Å². The first kappa shape index (κ1) is 9.18. The van der Waals surface area contributed by atoms with Crippen molar-refractivity contribution < 1.29 is 0 Å². The van der Waals surface area contributed by atoms with Gasteiger partial charge in [0.1, 0.15) is 0 Å². The van der Waals surface area contributed by atoms with Crippen LogP contribution in [-0.4, -0.2) is 6.54 Å². The zero-order chi connectivity index (χ0) is 7.82. The maximum absolute atomic E-state index is 5.38. The molecule has 0 bridgehead atoms. The molecule has 56 valence electrons. The van der Waals surface area contributed by atoms with Gasteiger partial charge in [0.15, 0.2) is 0 Å². The zero-order valence-electron chi connectivity index (χ0n) is 6.34. The number of hydrogen-bond acceptors (Lipinski definition) is 1. The van der Waals surface area contributed by atoms with Crippen LogP contribution in [0.2, 0.25) is 0 Å². The highest BCUT2D eigenvalue weighted by atomic mass is 14.5. The third kappa shape index (κ3) is 3.25. The van der Waals surface area contributed by atoms with E-state index in [0.29, 0.717) is 6.54 Å². The maximum Gasteiger partial charge on any atom is 0.0174 e. The Morgan fingerprint density at radius 2 is 2.10 bits per heavy atom. The minimum absolute atomic E-state index is 0.691. The summed E-state index contributed by atoms with van der Waals surface area (Å²) in [6.45, 7) is 6.69. The molecule has 1 heteroatoms. The number of nitrogens with two attached hydrogens (primary N) is 1. The van der Waals surface area contributed by atoms with Crippen LogP contribution < -0.4 is 5.73 Å². The van der Waals surface area contributed by atoms with E-state index >= 15 is 0 Å². The van der Waals surface area contributed by atoms with Crippen LogP contribution in [0.25, 0.3) is 0 Å². The summed E-state index contributed by atoms with van der Waals surface area (Å²) in [5, 5.41) is 0. The van der Waals surface area contributed by atoms with Crippen LogP contribution >= 0.6 is 0 Å². The van der Waals surface area contributed by atoms with Gasteiger partial charge in [0.2, 0.25) is 0 Å². The zero-order valence-corrected chi connectivity index (χ0v) is 6.34. The fourth-order valence-corrected chi connectivity index (χ4v) is 0.819. The van der Waals surface area contributed by atoms with Gasteiger partial charge in [0.25, 0.3) is 0 Å². The minimum atomic E-state index is 0.691. The second-order valence-electron chi connectivity index (χ2n) is 1.96. The summed E-state index contributed by atoms with van der Waals surface area (Å²) in [7, 11) is 0. The molecule has 1 nitrogen and oxygen atoms in total. The molecule has 0 aromatic heterocycles. The van der Waals surface area contributed by atoms with Gasteiger partial charge in [-0.05, 0) is 18.4 Å². The van der Waals surface area contributed by atoms with Crippen molar-refractivity contribution in [3.8, 4) is 0 Å². The Kier molecular flexibility index (Phi) is 5.79. The molecule has 0 saturated heterocycles. The highest BCUT2D eigenvalue weighted by Crippen LogP contribution is 2.06. The number of hydrogen-bond donors (Lipinski definition) is 1. The third-order valence-electron chi connectivity index (χ3n) is 1.31. The third-order valence-corrected chi connectivity index (χ3v) is 1.31. The van der Waals surface area contributed by atoms with E-state index in [1.54, 1.807) is 0 Å². The summed E-state index contributed by atoms with van der Waals surface area (Å²) in [6.07, 6.45) is 8.82. The molecule has 0 unspecified atom stereocenters. The molecular weight excluding hydrogens is 122 g/mol. The molecular formula is C9H15N. The lowest BCUT2D eigenvalue weighted by Crippen LogP contribution is -2.01. The summed E-state index contributed by atoms with van der Waals surface area (Å²) in [4.78, 5) is 0. The van der Waals surface area contributed by atoms with Crippen LogP contribution in [0.1, 0.15) is 12.8 Å². The van der Waals surface area contributed by atoms with Crippen LogP contribution in [0.15, 0.2) is 37.0 Å². The van der Waals surface area contributed by atoms with Crippen molar-refractivity contribution in [2.45, 2.75) is 12.8 Å². The van der Waals surface area contributed by atoms with Gasteiger partial charge in [-0.3, -0.25) is 0 Å². The summed E-state index contributed by atoms with van der Waals surface area (Å²) in [6, 6.07) is 0. The van der Waals surface area contributed by atoms with E-state index < -0.39 is 0 Å². The largest absolute Gasteiger partial charge is 0.327 e. The SMILES string of the molecule is C=C.NCC1=CCCC=C1. The highest BCUT2D eigenvalue weighted by molar-refractivity contribution is 5.22. The number of rotatable bonds is 1. The van der Waals surface area contributed by atoms with Crippen molar-refractivity contribution in [1.82, 2.24) is 0 Å². The number of allylic oxidation sites excluding steroid dienone is 2. The standard InChI is InChI=1S/C7H11N.C2H4/c8-6-7-4-2-1-3-5-7;1-2/h2,4-5H,1,3,6,8H2;1-2H2. The van der Waals surface area contributed by atoms with E-state index in [-0.39, 0.29) is 0 Å². The summed E-state index contributed by atoms with van der Waals surface area (Å²) in [5.74, 6) is 0. The molecule has 0 atom stereocenters. The fourth-order valence-electron chi connectivity index (χ4n) is 0.819. The molecule has 2 N–H and O–H groups in total. The van der Waals surface area contributed by atoms with Crippen molar-refractivity contribution in [3.05, 3.63) is 37.0 Å². The molecule has 10 heavy (non-hydrogen) atoms. The Morgan fingerprint density at radius 1 is 1.40 bits per heavy atom. The van der Waals surface area contributed by atoms with Crippen LogP contribution in [0.3, 0.4) is 0 Å². The molecule has 0 fully saturated rings.